The van der Waals surface area contributed by atoms with Gasteiger partial charge in [-0.15, -0.1) is 5.06 Å². The van der Waals surface area contributed by atoms with Crippen molar-refractivity contribution in [2.45, 2.75) is 26.7 Å². The molecule has 0 saturated heterocycles. The van der Waals surface area contributed by atoms with E-state index in [4.69, 9.17) is 4.84 Å². The second-order valence-electron chi connectivity index (χ2n) is 2.16. The Morgan fingerprint density at radius 1 is 1.50 bits per heavy atom. The minimum absolute atomic E-state index is 0.146. The highest BCUT2D eigenvalue weighted by atomic mass is 16.7. The van der Waals surface area contributed by atoms with Gasteiger partial charge in [-0.1, -0.05) is 6.92 Å². The second-order valence-corrected chi connectivity index (χ2v) is 2.16. The molecule has 10 heavy (non-hydrogen) atoms. The van der Waals surface area contributed by atoms with Crippen LogP contribution in [0.3, 0.4) is 0 Å². The van der Waals surface area contributed by atoms with E-state index in [0.29, 0.717) is 6.42 Å². The minimum Gasteiger partial charge on any atom is -0.368 e. The Labute approximate surface area is 61.9 Å². The van der Waals surface area contributed by atoms with Crippen LogP contribution < -0.4 is 0 Å². The zero-order chi connectivity index (χ0) is 7.98. The molecule has 0 aromatic heterocycles. The van der Waals surface area contributed by atoms with Crippen molar-refractivity contribution in [1.82, 2.24) is 5.06 Å². The quantitative estimate of drug-likeness (QED) is 0.557. The maximum atomic E-state index is 10.7. The van der Waals surface area contributed by atoms with E-state index in [1.54, 1.807) is 7.05 Å². The topological polar surface area (TPSA) is 29.5 Å². The van der Waals surface area contributed by atoms with E-state index in [2.05, 4.69) is 0 Å². The molecule has 0 amide bonds. The van der Waals surface area contributed by atoms with Gasteiger partial charge in [0.05, 0.1) is 0 Å². The highest BCUT2D eigenvalue weighted by Crippen LogP contribution is 1.93. The summed E-state index contributed by atoms with van der Waals surface area (Å²) in [4.78, 5) is 15.6. The molecule has 0 atom stereocenters. The van der Waals surface area contributed by atoms with Gasteiger partial charge in [-0.05, 0) is 13.3 Å². The maximum absolute atomic E-state index is 10.7. The fourth-order valence-corrected chi connectivity index (χ4v) is 0.488. The SMILES string of the molecule is CCCC(=O)ON(C)CC. The normalized spacial score (nSPS) is 10.0. The molecule has 0 aliphatic heterocycles. The number of nitrogens with zero attached hydrogens (tertiary/aromatic N) is 1. The lowest BCUT2D eigenvalue weighted by Gasteiger charge is -2.12. The molecule has 3 heteroatoms. The fourth-order valence-electron chi connectivity index (χ4n) is 0.488. The van der Waals surface area contributed by atoms with E-state index in [0.717, 1.165) is 13.0 Å². The van der Waals surface area contributed by atoms with Crippen molar-refractivity contribution in [1.29, 1.82) is 0 Å². The summed E-state index contributed by atoms with van der Waals surface area (Å²) < 4.78 is 0. The molecule has 0 N–H and O–H groups in total. The van der Waals surface area contributed by atoms with Crippen LogP contribution in [0.2, 0.25) is 0 Å². The summed E-state index contributed by atoms with van der Waals surface area (Å²) in [6.45, 7) is 4.61. The van der Waals surface area contributed by atoms with Crippen molar-refractivity contribution in [2.24, 2.45) is 0 Å². The zero-order valence-corrected chi connectivity index (χ0v) is 6.89. The Bertz CT molecular complexity index is 104. The van der Waals surface area contributed by atoms with E-state index in [9.17, 15) is 4.79 Å². The van der Waals surface area contributed by atoms with Crippen LogP contribution in [0.4, 0.5) is 0 Å². The van der Waals surface area contributed by atoms with E-state index in [1.165, 1.54) is 5.06 Å². The monoisotopic (exact) mass is 145 g/mol. The maximum Gasteiger partial charge on any atom is 0.325 e. The van der Waals surface area contributed by atoms with Crippen LogP contribution in [0.25, 0.3) is 0 Å². The molecule has 0 aromatic carbocycles. The van der Waals surface area contributed by atoms with E-state index >= 15 is 0 Å². The van der Waals surface area contributed by atoms with Crippen molar-refractivity contribution in [3.05, 3.63) is 0 Å². The number of carbonyl (C=O) groups is 1. The number of carbonyl (C=O) groups excluding carboxylic acids is 1. The van der Waals surface area contributed by atoms with Crippen LogP contribution in [0.5, 0.6) is 0 Å². The molecular formula is C7H15NO2. The molecule has 0 heterocycles. The molecule has 0 aromatic rings. The van der Waals surface area contributed by atoms with Gasteiger partial charge in [0.2, 0.25) is 0 Å². The van der Waals surface area contributed by atoms with Gasteiger partial charge in [0, 0.05) is 20.0 Å². The lowest BCUT2D eigenvalue weighted by atomic mass is 10.3. The van der Waals surface area contributed by atoms with Crippen LogP contribution in [0.15, 0.2) is 0 Å². The fraction of sp³-hybridized carbons (Fsp3) is 0.857. The standard InChI is InChI=1S/C7H15NO2/c1-4-6-7(9)10-8(3)5-2/h4-6H2,1-3H3. The summed E-state index contributed by atoms with van der Waals surface area (Å²) in [5.41, 5.74) is 0. The third-order valence-corrected chi connectivity index (χ3v) is 1.16. The predicted molar refractivity (Wildman–Crippen MR) is 39.3 cm³/mol. The average molecular weight is 145 g/mol. The minimum atomic E-state index is -0.146. The van der Waals surface area contributed by atoms with Gasteiger partial charge >= 0.3 is 5.97 Å². The zero-order valence-electron chi connectivity index (χ0n) is 6.89. The van der Waals surface area contributed by atoms with Gasteiger partial charge in [-0.3, -0.25) is 4.79 Å². The Kier molecular flexibility index (Phi) is 4.94. The number of hydrogen-bond acceptors (Lipinski definition) is 3. The Hall–Kier alpha value is -0.570. The molecular weight excluding hydrogens is 130 g/mol. The first-order valence-corrected chi connectivity index (χ1v) is 3.62. The molecule has 0 fully saturated rings. The second kappa shape index (κ2) is 5.23. The Balaban J connectivity index is 3.37. The van der Waals surface area contributed by atoms with Crippen LogP contribution in [0.1, 0.15) is 26.7 Å². The van der Waals surface area contributed by atoms with Crippen molar-refractivity contribution in [3.8, 4) is 0 Å². The van der Waals surface area contributed by atoms with Crippen molar-refractivity contribution in [2.75, 3.05) is 13.6 Å². The lowest BCUT2D eigenvalue weighted by Crippen LogP contribution is -2.22. The van der Waals surface area contributed by atoms with Crippen molar-refractivity contribution >= 4 is 5.97 Å². The summed E-state index contributed by atoms with van der Waals surface area (Å²) in [5, 5.41) is 1.53. The van der Waals surface area contributed by atoms with Crippen LogP contribution >= 0.6 is 0 Å². The van der Waals surface area contributed by atoms with Gasteiger partial charge in [0.1, 0.15) is 0 Å². The molecule has 0 radical (unpaired) electrons. The number of rotatable bonds is 4. The first kappa shape index (κ1) is 9.43. The van der Waals surface area contributed by atoms with Gasteiger partial charge in [0.15, 0.2) is 0 Å². The molecule has 0 aliphatic rings. The Morgan fingerprint density at radius 2 is 2.10 bits per heavy atom. The molecule has 3 nitrogen and oxygen atoms in total. The molecule has 0 rings (SSSR count). The molecule has 0 unspecified atom stereocenters. The van der Waals surface area contributed by atoms with Gasteiger partial charge in [-0.2, -0.15) is 0 Å². The summed E-state index contributed by atoms with van der Waals surface area (Å²) in [6.07, 6.45) is 1.35. The molecule has 60 valence electrons. The smallest absolute Gasteiger partial charge is 0.325 e. The Morgan fingerprint density at radius 3 is 2.50 bits per heavy atom. The first-order valence-electron chi connectivity index (χ1n) is 3.62. The van der Waals surface area contributed by atoms with Gasteiger partial charge in [0.25, 0.3) is 0 Å². The largest absolute Gasteiger partial charge is 0.368 e. The number of hydroxylamine groups is 2. The van der Waals surface area contributed by atoms with Gasteiger partial charge in [-0.25, -0.2) is 0 Å². The third kappa shape index (κ3) is 4.32. The molecule has 0 aliphatic carbocycles. The van der Waals surface area contributed by atoms with Crippen LogP contribution in [-0.2, 0) is 9.63 Å². The van der Waals surface area contributed by atoms with E-state index < -0.39 is 0 Å². The number of hydrogen-bond donors (Lipinski definition) is 0. The first-order chi connectivity index (χ1) is 4.70. The van der Waals surface area contributed by atoms with Gasteiger partial charge < -0.3 is 4.84 Å². The lowest BCUT2D eigenvalue weighted by molar-refractivity contribution is -0.183. The van der Waals surface area contributed by atoms with Crippen molar-refractivity contribution in [3.63, 3.8) is 0 Å². The molecule has 0 spiro atoms. The summed E-state index contributed by atoms with van der Waals surface area (Å²) in [7, 11) is 1.74. The van der Waals surface area contributed by atoms with Crippen LogP contribution in [0, 0.1) is 0 Å². The summed E-state index contributed by atoms with van der Waals surface area (Å²) in [5.74, 6) is -0.146. The van der Waals surface area contributed by atoms with Crippen LogP contribution in [-0.4, -0.2) is 24.6 Å². The van der Waals surface area contributed by atoms with E-state index in [1.807, 2.05) is 13.8 Å². The molecule has 0 bridgehead atoms. The summed E-state index contributed by atoms with van der Waals surface area (Å²) in [6, 6.07) is 0. The third-order valence-electron chi connectivity index (χ3n) is 1.16. The van der Waals surface area contributed by atoms with E-state index in [-0.39, 0.29) is 5.97 Å². The predicted octanol–water partition coefficient (Wildman–Crippen LogP) is 1.20. The highest BCUT2D eigenvalue weighted by molar-refractivity contribution is 5.68. The van der Waals surface area contributed by atoms with Crippen molar-refractivity contribution < 1.29 is 9.63 Å². The average Bonchev–Trinajstić information content (AvgIpc) is 1.88. The summed E-state index contributed by atoms with van der Waals surface area (Å²) >= 11 is 0. The molecule has 0 saturated carbocycles. The highest BCUT2D eigenvalue weighted by Gasteiger charge is 2.02.